The van der Waals surface area contributed by atoms with E-state index in [1.165, 1.54) is 0 Å². The van der Waals surface area contributed by atoms with E-state index in [-0.39, 0.29) is 5.97 Å². The van der Waals surface area contributed by atoms with Gasteiger partial charge in [-0.05, 0) is 60.1 Å². The molecule has 0 atom stereocenters. The van der Waals surface area contributed by atoms with Gasteiger partial charge in [-0.2, -0.15) is 0 Å². The van der Waals surface area contributed by atoms with Crippen LogP contribution in [0.4, 0.5) is 0 Å². The molecule has 2 rings (SSSR count). The van der Waals surface area contributed by atoms with Crippen LogP contribution in [0, 0.1) is 6.92 Å². The van der Waals surface area contributed by atoms with Gasteiger partial charge in [0.1, 0.15) is 5.75 Å². The first-order valence-electron chi connectivity index (χ1n) is 6.17. The minimum Gasteiger partial charge on any atom is -0.462 e. The van der Waals surface area contributed by atoms with Crippen LogP contribution in [0.3, 0.4) is 0 Å². The predicted octanol–water partition coefficient (Wildman–Crippen LogP) is 4.12. The van der Waals surface area contributed by atoms with E-state index in [4.69, 9.17) is 9.47 Å². The maximum absolute atomic E-state index is 11.5. The predicted molar refractivity (Wildman–Crippen MR) is 79.1 cm³/mol. The van der Waals surface area contributed by atoms with Gasteiger partial charge >= 0.3 is 5.97 Å². The highest BCUT2D eigenvalue weighted by Gasteiger charge is 2.07. The van der Waals surface area contributed by atoms with Crippen molar-refractivity contribution < 1.29 is 14.3 Å². The summed E-state index contributed by atoms with van der Waals surface area (Å²) < 4.78 is 11.5. The van der Waals surface area contributed by atoms with E-state index >= 15 is 0 Å². The molecule has 0 N–H and O–H groups in total. The number of hydrogen-bond donors (Lipinski definition) is 0. The average molecular weight is 336 g/mol. The number of halogens is 1. The molecule has 1 heterocycles. The van der Waals surface area contributed by atoms with E-state index in [1.807, 2.05) is 13.0 Å². The van der Waals surface area contributed by atoms with Gasteiger partial charge in [0.2, 0.25) is 5.88 Å². The fraction of sp³-hybridized carbons (Fsp3) is 0.200. The second kappa shape index (κ2) is 6.52. The van der Waals surface area contributed by atoms with Crippen molar-refractivity contribution >= 4 is 21.9 Å². The molecule has 104 valence electrons. The first kappa shape index (κ1) is 14.5. The maximum Gasteiger partial charge on any atom is 0.338 e. The lowest BCUT2D eigenvalue weighted by Crippen LogP contribution is -2.04. The molecule has 1 aromatic carbocycles. The minimum atomic E-state index is -0.336. The van der Waals surface area contributed by atoms with Crippen LogP contribution in [0.5, 0.6) is 11.6 Å². The number of carbonyl (C=O) groups excluding carboxylic acids is 1. The summed E-state index contributed by atoms with van der Waals surface area (Å²) in [6.45, 7) is 4.05. The van der Waals surface area contributed by atoms with Crippen molar-refractivity contribution in [2.24, 2.45) is 0 Å². The van der Waals surface area contributed by atoms with Crippen LogP contribution in [0.2, 0.25) is 0 Å². The first-order chi connectivity index (χ1) is 9.60. The SMILES string of the molecule is CCOC(=O)c1ccc(Oc2ncc(Br)cc2C)cc1. The van der Waals surface area contributed by atoms with Crippen molar-refractivity contribution in [3.8, 4) is 11.6 Å². The van der Waals surface area contributed by atoms with E-state index < -0.39 is 0 Å². The van der Waals surface area contributed by atoms with Crippen molar-refractivity contribution in [3.63, 3.8) is 0 Å². The lowest BCUT2D eigenvalue weighted by atomic mass is 10.2. The van der Waals surface area contributed by atoms with Crippen LogP contribution in [0.15, 0.2) is 41.0 Å². The zero-order chi connectivity index (χ0) is 14.5. The normalized spacial score (nSPS) is 10.2. The Labute approximate surface area is 125 Å². The number of rotatable bonds is 4. The van der Waals surface area contributed by atoms with Crippen molar-refractivity contribution in [3.05, 3.63) is 52.1 Å². The Balaban J connectivity index is 2.12. The van der Waals surface area contributed by atoms with E-state index in [0.717, 1.165) is 10.0 Å². The van der Waals surface area contributed by atoms with Gasteiger partial charge < -0.3 is 9.47 Å². The Hall–Kier alpha value is -1.88. The fourth-order valence-electron chi connectivity index (χ4n) is 1.62. The molecule has 4 nitrogen and oxygen atoms in total. The Morgan fingerprint density at radius 3 is 2.60 bits per heavy atom. The highest BCUT2D eigenvalue weighted by molar-refractivity contribution is 9.10. The minimum absolute atomic E-state index is 0.336. The summed E-state index contributed by atoms with van der Waals surface area (Å²) in [5.74, 6) is 0.824. The summed E-state index contributed by atoms with van der Waals surface area (Å²) in [7, 11) is 0. The summed E-state index contributed by atoms with van der Waals surface area (Å²) in [5, 5.41) is 0. The zero-order valence-corrected chi connectivity index (χ0v) is 12.8. The molecule has 0 amide bonds. The van der Waals surface area contributed by atoms with Crippen LogP contribution < -0.4 is 4.74 Å². The highest BCUT2D eigenvalue weighted by atomic mass is 79.9. The molecule has 0 bridgehead atoms. The molecule has 0 aliphatic carbocycles. The third-order valence-electron chi connectivity index (χ3n) is 2.58. The molecule has 20 heavy (non-hydrogen) atoms. The number of benzene rings is 1. The molecule has 0 saturated heterocycles. The fourth-order valence-corrected chi connectivity index (χ4v) is 2.07. The number of nitrogens with zero attached hydrogens (tertiary/aromatic N) is 1. The smallest absolute Gasteiger partial charge is 0.338 e. The molecule has 1 aromatic heterocycles. The number of carbonyl (C=O) groups is 1. The standard InChI is InChI=1S/C15H14BrNO3/c1-3-19-15(18)11-4-6-13(7-5-11)20-14-10(2)8-12(16)9-17-14/h4-9H,3H2,1-2H3. The van der Waals surface area contributed by atoms with Crippen LogP contribution in [0.25, 0.3) is 0 Å². The number of esters is 1. The van der Waals surface area contributed by atoms with Crippen LogP contribution in [-0.2, 0) is 4.74 Å². The van der Waals surface area contributed by atoms with Crippen molar-refractivity contribution in [1.82, 2.24) is 4.98 Å². The summed E-state index contributed by atoms with van der Waals surface area (Å²) >= 11 is 3.35. The summed E-state index contributed by atoms with van der Waals surface area (Å²) in [5.41, 5.74) is 1.42. The molecule has 0 unspecified atom stereocenters. The highest BCUT2D eigenvalue weighted by Crippen LogP contribution is 2.25. The van der Waals surface area contributed by atoms with Crippen LogP contribution in [0.1, 0.15) is 22.8 Å². The molecule has 2 aromatic rings. The quantitative estimate of drug-likeness (QED) is 0.788. The lowest BCUT2D eigenvalue weighted by Gasteiger charge is -2.08. The molecule has 0 aliphatic heterocycles. The number of aryl methyl sites for hydroxylation is 1. The van der Waals surface area contributed by atoms with Gasteiger partial charge in [-0.1, -0.05) is 0 Å². The Morgan fingerprint density at radius 1 is 1.30 bits per heavy atom. The van der Waals surface area contributed by atoms with Gasteiger partial charge in [-0.25, -0.2) is 9.78 Å². The topological polar surface area (TPSA) is 48.4 Å². The Morgan fingerprint density at radius 2 is 2.00 bits per heavy atom. The molecule has 0 aliphatic rings. The molecule has 0 spiro atoms. The largest absolute Gasteiger partial charge is 0.462 e. The maximum atomic E-state index is 11.5. The summed E-state index contributed by atoms with van der Waals surface area (Å²) in [6, 6.07) is 8.70. The number of ether oxygens (including phenoxy) is 2. The Bertz CT molecular complexity index is 611. The van der Waals surface area contributed by atoms with Crippen molar-refractivity contribution in [2.75, 3.05) is 6.61 Å². The second-order valence-electron chi connectivity index (χ2n) is 4.12. The first-order valence-corrected chi connectivity index (χ1v) is 6.96. The van der Waals surface area contributed by atoms with Crippen LogP contribution >= 0.6 is 15.9 Å². The third-order valence-corrected chi connectivity index (χ3v) is 3.01. The Kier molecular flexibility index (Phi) is 4.74. The number of pyridine rings is 1. The summed E-state index contributed by atoms with van der Waals surface area (Å²) in [6.07, 6.45) is 1.68. The number of aromatic nitrogens is 1. The van der Waals surface area contributed by atoms with Crippen LogP contribution in [-0.4, -0.2) is 17.6 Å². The van der Waals surface area contributed by atoms with Gasteiger partial charge in [-0.3, -0.25) is 0 Å². The zero-order valence-electron chi connectivity index (χ0n) is 11.2. The van der Waals surface area contributed by atoms with Gasteiger partial charge in [0.05, 0.1) is 12.2 Å². The molecular formula is C15H14BrNO3. The number of hydrogen-bond acceptors (Lipinski definition) is 4. The van der Waals surface area contributed by atoms with Crippen molar-refractivity contribution in [1.29, 1.82) is 0 Å². The van der Waals surface area contributed by atoms with Gasteiger partial charge in [0.15, 0.2) is 0 Å². The van der Waals surface area contributed by atoms with Gasteiger partial charge in [-0.15, -0.1) is 0 Å². The molecule has 0 radical (unpaired) electrons. The van der Waals surface area contributed by atoms with E-state index in [2.05, 4.69) is 20.9 Å². The van der Waals surface area contributed by atoms with E-state index in [9.17, 15) is 4.79 Å². The molecular weight excluding hydrogens is 322 g/mol. The van der Waals surface area contributed by atoms with Crippen molar-refractivity contribution in [2.45, 2.75) is 13.8 Å². The van der Waals surface area contributed by atoms with E-state index in [0.29, 0.717) is 23.8 Å². The third kappa shape index (κ3) is 3.57. The lowest BCUT2D eigenvalue weighted by molar-refractivity contribution is 0.0526. The average Bonchev–Trinajstić information content (AvgIpc) is 2.43. The monoisotopic (exact) mass is 335 g/mol. The van der Waals surface area contributed by atoms with Gasteiger partial charge in [0.25, 0.3) is 0 Å². The van der Waals surface area contributed by atoms with E-state index in [1.54, 1.807) is 37.4 Å². The second-order valence-corrected chi connectivity index (χ2v) is 5.04. The summed E-state index contributed by atoms with van der Waals surface area (Å²) in [4.78, 5) is 15.7. The molecule has 5 heteroatoms. The molecule has 0 saturated carbocycles. The van der Waals surface area contributed by atoms with Gasteiger partial charge in [0, 0.05) is 16.2 Å². The molecule has 0 fully saturated rings.